The van der Waals surface area contributed by atoms with E-state index in [1.54, 1.807) is 4.90 Å². The van der Waals surface area contributed by atoms with Gasteiger partial charge in [-0.3, -0.25) is 4.79 Å². The second kappa shape index (κ2) is 7.16. The van der Waals surface area contributed by atoms with Crippen LogP contribution in [-0.2, 0) is 18.4 Å². The molecule has 0 saturated heterocycles. The van der Waals surface area contributed by atoms with Crippen molar-refractivity contribution < 1.29 is 4.79 Å². The van der Waals surface area contributed by atoms with Crippen LogP contribution in [0.5, 0.6) is 0 Å². The third-order valence-electron chi connectivity index (χ3n) is 5.32. The lowest BCUT2D eigenvalue weighted by molar-refractivity contribution is -0.138. The Kier molecular flexibility index (Phi) is 4.76. The number of anilines is 1. The van der Waals surface area contributed by atoms with Crippen molar-refractivity contribution in [2.75, 3.05) is 19.4 Å². The van der Waals surface area contributed by atoms with E-state index in [1.165, 1.54) is 0 Å². The van der Waals surface area contributed by atoms with Gasteiger partial charge in [0.25, 0.3) is 0 Å². The van der Waals surface area contributed by atoms with E-state index >= 15 is 0 Å². The van der Waals surface area contributed by atoms with Crippen molar-refractivity contribution in [3.63, 3.8) is 0 Å². The number of benzene rings is 1. The maximum atomic E-state index is 12.5. The fourth-order valence-corrected chi connectivity index (χ4v) is 3.88. The standard InChI is InChI=1S/C23H28N6O/c1-23(2,3)22(30)28(5)12-14-8-7-9-15(10-14)17-11-16-19-18(25-13-29(19)6)21(24-4)27-20(16)26-17/h7-11,13H,12H2,1-6H3,(H2,24,26,27). The number of nitrogens with one attached hydrogen (secondary N) is 2. The number of carbonyl (C=O) groups is 1. The van der Waals surface area contributed by atoms with Crippen LogP contribution in [0.15, 0.2) is 36.7 Å². The monoisotopic (exact) mass is 404 g/mol. The summed E-state index contributed by atoms with van der Waals surface area (Å²) < 4.78 is 2.02. The van der Waals surface area contributed by atoms with Crippen molar-refractivity contribution in [1.82, 2.24) is 24.4 Å². The van der Waals surface area contributed by atoms with Crippen molar-refractivity contribution in [2.24, 2.45) is 12.5 Å². The molecule has 1 amide bonds. The van der Waals surface area contributed by atoms with E-state index in [0.29, 0.717) is 6.54 Å². The van der Waals surface area contributed by atoms with Gasteiger partial charge >= 0.3 is 0 Å². The van der Waals surface area contributed by atoms with Crippen molar-refractivity contribution in [1.29, 1.82) is 0 Å². The summed E-state index contributed by atoms with van der Waals surface area (Å²) in [4.78, 5) is 27.0. The number of aromatic amines is 1. The zero-order chi connectivity index (χ0) is 21.6. The average molecular weight is 405 g/mol. The molecule has 0 atom stereocenters. The number of hydrogen-bond acceptors (Lipinski definition) is 4. The molecule has 0 spiro atoms. The molecule has 2 N–H and O–H groups in total. The Morgan fingerprint density at radius 3 is 2.73 bits per heavy atom. The summed E-state index contributed by atoms with van der Waals surface area (Å²) in [6, 6.07) is 10.4. The fourth-order valence-electron chi connectivity index (χ4n) is 3.88. The first-order valence-electron chi connectivity index (χ1n) is 10.1. The minimum absolute atomic E-state index is 0.126. The van der Waals surface area contributed by atoms with E-state index in [-0.39, 0.29) is 5.91 Å². The van der Waals surface area contributed by atoms with Gasteiger partial charge in [0, 0.05) is 44.2 Å². The fraction of sp³-hybridized carbons (Fsp3) is 0.348. The van der Waals surface area contributed by atoms with Gasteiger partial charge in [0.1, 0.15) is 11.2 Å². The van der Waals surface area contributed by atoms with Gasteiger partial charge in [-0.1, -0.05) is 39.0 Å². The van der Waals surface area contributed by atoms with Crippen molar-refractivity contribution in [3.05, 3.63) is 42.2 Å². The van der Waals surface area contributed by atoms with Gasteiger partial charge in [-0.2, -0.15) is 0 Å². The Bertz CT molecular complexity index is 1240. The summed E-state index contributed by atoms with van der Waals surface area (Å²) in [7, 11) is 5.69. The lowest BCUT2D eigenvalue weighted by atomic mass is 9.94. The Balaban J connectivity index is 1.73. The molecule has 0 bridgehead atoms. The Morgan fingerprint density at radius 2 is 2.03 bits per heavy atom. The second-order valence-electron chi connectivity index (χ2n) is 8.82. The predicted molar refractivity (Wildman–Crippen MR) is 121 cm³/mol. The molecule has 7 heteroatoms. The first-order valence-corrected chi connectivity index (χ1v) is 10.1. The number of aryl methyl sites for hydroxylation is 1. The Labute approximate surface area is 176 Å². The number of carbonyl (C=O) groups excluding carboxylic acids is 1. The molecular weight excluding hydrogens is 376 g/mol. The lowest BCUT2D eigenvalue weighted by Crippen LogP contribution is -2.36. The third-order valence-corrected chi connectivity index (χ3v) is 5.32. The van der Waals surface area contributed by atoms with Crippen LogP contribution >= 0.6 is 0 Å². The highest BCUT2D eigenvalue weighted by Crippen LogP contribution is 2.32. The molecule has 1 aromatic carbocycles. The number of rotatable bonds is 4. The molecule has 0 aliphatic carbocycles. The van der Waals surface area contributed by atoms with Crippen molar-refractivity contribution >= 4 is 33.8 Å². The van der Waals surface area contributed by atoms with E-state index in [4.69, 9.17) is 4.98 Å². The van der Waals surface area contributed by atoms with E-state index in [9.17, 15) is 4.79 Å². The highest BCUT2D eigenvalue weighted by molar-refractivity contribution is 6.07. The molecule has 30 heavy (non-hydrogen) atoms. The third kappa shape index (κ3) is 3.40. The van der Waals surface area contributed by atoms with Crippen molar-refractivity contribution in [2.45, 2.75) is 27.3 Å². The number of H-pyrrole nitrogens is 1. The molecule has 156 valence electrons. The molecule has 0 aliphatic heterocycles. The van der Waals surface area contributed by atoms with Crippen LogP contribution in [0.2, 0.25) is 0 Å². The summed E-state index contributed by atoms with van der Waals surface area (Å²) in [6.07, 6.45) is 1.81. The smallest absolute Gasteiger partial charge is 0.227 e. The number of hydrogen-bond donors (Lipinski definition) is 2. The zero-order valence-electron chi connectivity index (χ0n) is 18.4. The highest BCUT2D eigenvalue weighted by Gasteiger charge is 2.25. The van der Waals surface area contributed by atoms with Crippen LogP contribution in [0.25, 0.3) is 33.3 Å². The van der Waals surface area contributed by atoms with E-state index in [0.717, 1.165) is 44.7 Å². The van der Waals surface area contributed by atoms with Gasteiger partial charge in [0.15, 0.2) is 5.82 Å². The molecule has 0 aliphatic rings. The summed E-state index contributed by atoms with van der Waals surface area (Å²) in [6.45, 7) is 6.40. The molecule has 3 aromatic heterocycles. The number of amides is 1. The quantitative estimate of drug-likeness (QED) is 0.535. The van der Waals surface area contributed by atoms with Gasteiger partial charge in [0.2, 0.25) is 5.91 Å². The number of pyridine rings is 1. The summed E-state index contributed by atoms with van der Waals surface area (Å²) in [5.74, 6) is 0.878. The molecule has 3 heterocycles. The maximum absolute atomic E-state index is 12.5. The van der Waals surface area contributed by atoms with E-state index in [2.05, 4.69) is 39.6 Å². The predicted octanol–water partition coefficient (Wildman–Crippen LogP) is 4.16. The number of imidazole rings is 1. The molecule has 4 rings (SSSR count). The summed E-state index contributed by atoms with van der Waals surface area (Å²) in [5, 5.41) is 4.17. The van der Waals surface area contributed by atoms with Crippen LogP contribution in [0.4, 0.5) is 5.82 Å². The maximum Gasteiger partial charge on any atom is 0.227 e. The number of nitrogens with zero attached hydrogens (tertiary/aromatic N) is 4. The van der Waals surface area contributed by atoms with Crippen LogP contribution < -0.4 is 5.32 Å². The SMILES string of the molecule is CNc1nc2[nH]c(-c3cccc(CN(C)C(=O)C(C)(C)C)c3)cc2c2c1ncn2C. The largest absolute Gasteiger partial charge is 0.371 e. The minimum atomic E-state index is -0.394. The molecule has 0 fully saturated rings. The Hall–Kier alpha value is -3.35. The topological polar surface area (TPSA) is 78.8 Å². The number of fused-ring (bicyclic) bond motifs is 3. The van der Waals surface area contributed by atoms with E-state index < -0.39 is 5.41 Å². The highest BCUT2D eigenvalue weighted by atomic mass is 16.2. The Morgan fingerprint density at radius 1 is 1.27 bits per heavy atom. The zero-order valence-corrected chi connectivity index (χ0v) is 18.4. The number of aromatic nitrogens is 4. The van der Waals surface area contributed by atoms with E-state index in [1.807, 2.05) is 58.9 Å². The van der Waals surface area contributed by atoms with Crippen LogP contribution in [0.3, 0.4) is 0 Å². The van der Waals surface area contributed by atoms with Crippen LogP contribution in [-0.4, -0.2) is 44.4 Å². The average Bonchev–Trinajstić information content (AvgIpc) is 3.29. The molecule has 4 aromatic rings. The van der Waals surface area contributed by atoms with Gasteiger partial charge < -0.3 is 19.8 Å². The second-order valence-corrected chi connectivity index (χ2v) is 8.82. The van der Waals surface area contributed by atoms with Crippen LogP contribution in [0.1, 0.15) is 26.3 Å². The first kappa shape index (κ1) is 19.9. The normalized spacial score (nSPS) is 11.9. The molecule has 0 unspecified atom stereocenters. The van der Waals surface area contributed by atoms with Gasteiger partial charge in [-0.05, 0) is 23.3 Å². The van der Waals surface area contributed by atoms with Crippen LogP contribution in [0, 0.1) is 5.41 Å². The van der Waals surface area contributed by atoms with Gasteiger partial charge in [-0.15, -0.1) is 0 Å². The molecule has 0 radical (unpaired) electrons. The summed E-state index contributed by atoms with van der Waals surface area (Å²) >= 11 is 0. The minimum Gasteiger partial charge on any atom is -0.371 e. The van der Waals surface area contributed by atoms with Gasteiger partial charge in [-0.25, -0.2) is 9.97 Å². The summed E-state index contributed by atoms with van der Waals surface area (Å²) in [5.41, 5.74) is 5.45. The molecular formula is C23H28N6O. The lowest BCUT2D eigenvalue weighted by Gasteiger charge is -2.26. The molecule has 0 saturated carbocycles. The molecule has 7 nitrogen and oxygen atoms in total. The van der Waals surface area contributed by atoms with Gasteiger partial charge in [0.05, 0.1) is 11.8 Å². The first-order chi connectivity index (χ1) is 14.2. The van der Waals surface area contributed by atoms with Crippen molar-refractivity contribution in [3.8, 4) is 11.3 Å².